The first-order valence-corrected chi connectivity index (χ1v) is 8.64. The average molecular weight is 349 g/mol. The van der Waals surface area contributed by atoms with Gasteiger partial charge in [0, 0.05) is 11.9 Å². The number of hydrogen-bond acceptors (Lipinski definition) is 4. The van der Waals surface area contributed by atoms with Crippen LogP contribution in [0.3, 0.4) is 0 Å². The third-order valence-corrected chi connectivity index (χ3v) is 5.10. The van der Waals surface area contributed by atoms with E-state index in [1.807, 2.05) is 38.1 Å². The molecule has 124 valence electrons. The van der Waals surface area contributed by atoms with Crippen LogP contribution in [-0.2, 0) is 0 Å². The highest BCUT2D eigenvalue weighted by molar-refractivity contribution is 7.20. The highest BCUT2D eigenvalue weighted by Gasteiger charge is 2.15. The predicted octanol–water partition coefficient (Wildman–Crippen LogP) is 3.78. The van der Waals surface area contributed by atoms with Gasteiger partial charge in [-0.15, -0.1) is 11.3 Å². The molecular weight excluding hydrogens is 334 g/mol. The first-order chi connectivity index (χ1) is 12.0. The third-order valence-electron chi connectivity index (χ3n) is 4.07. The number of carbonyl (C=O) groups excluding carboxylic acids is 1. The molecule has 0 radical (unpaired) electrons. The number of thiophene rings is 1. The maximum Gasteiger partial charge on any atom is 0.266 e. The molecule has 4 rings (SSSR count). The van der Waals surface area contributed by atoms with Crippen molar-refractivity contribution in [3.63, 3.8) is 0 Å². The van der Waals surface area contributed by atoms with Crippen molar-refractivity contribution in [1.29, 1.82) is 0 Å². The summed E-state index contributed by atoms with van der Waals surface area (Å²) in [6.45, 7) is 3.96. The molecule has 3 heterocycles. The Bertz CT molecular complexity index is 1190. The number of fused-ring (bicyclic) bond motifs is 2. The molecule has 1 amide bonds. The molecule has 0 spiro atoms. The van der Waals surface area contributed by atoms with Gasteiger partial charge in [-0.1, -0.05) is 23.8 Å². The van der Waals surface area contributed by atoms with Crippen LogP contribution in [0.5, 0.6) is 0 Å². The van der Waals surface area contributed by atoms with E-state index in [-0.39, 0.29) is 11.5 Å². The molecule has 0 bridgehead atoms. The lowest BCUT2D eigenvalue weighted by molar-refractivity contribution is 0.103. The fourth-order valence-electron chi connectivity index (χ4n) is 2.80. The van der Waals surface area contributed by atoms with Crippen LogP contribution in [0.15, 0.2) is 53.5 Å². The van der Waals surface area contributed by atoms with Crippen molar-refractivity contribution in [2.45, 2.75) is 13.8 Å². The average Bonchev–Trinajstić information content (AvgIpc) is 3.02. The summed E-state index contributed by atoms with van der Waals surface area (Å²) in [6, 6.07) is 12.9. The number of nitrogens with zero attached hydrogens (tertiary/aromatic N) is 2. The Kier molecular flexibility index (Phi) is 3.62. The summed E-state index contributed by atoms with van der Waals surface area (Å²) in [5.41, 5.74) is 3.31. The fraction of sp³-hybridized carbons (Fsp3) is 0.105. The number of aromatic nitrogens is 2. The summed E-state index contributed by atoms with van der Waals surface area (Å²) >= 11 is 1.23. The maximum atomic E-state index is 12.6. The molecule has 4 aromatic rings. The van der Waals surface area contributed by atoms with Crippen LogP contribution in [0, 0.1) is 13.8 Å². The summed E-state index contributed by atoms with van der Waals surface area (Å²) in [5, 5.41) is 3.37. The van der Waals surface area contributed by atoms with Gasteiger partial charge in [0.2, 0.25) is 0 Å². The van der Waals surface area contributed by atoms with E-state index < -0.39 is 0 Å². The Balaban J connectivity index is 1.76. The van der Waals surface area contributed by atoms with Gasteiger partial charge >= 0.3 is 0 Å². The highest BCUT2D eigenvalue weighted by Crippen LogP contribution is 2.24. The number of pyridine rings is 1. The summed E-state index contributed by atoms with van der Waals surface area (Å²) < 4.78 is 1.49. The zero-order chi connectivity index (χ0) is 17.6. The van der Waals surface area contributed by atoms with E-state index in [0.717, 1.165) is 16.8 Å². The minimum absolute atomic E-state index is 0.164. The van der Waals surface area contributed by atoms with Gasteiger partial charge in [-0.05, 0) is 43.7 Å². The van der Waals surface area contributed by atoms with Crippen LogP contribution >= 0.6 is 11.3 Å². The minimum Gasteiger partial charge on any atom is -0.321 e. The van der Waals surface area contributed by atoms with Gasteiger partial charge in [0.05, 0.1) is 10.3 Å². The number of nitrogens with one attached hydrogen (secondary N) is 1. The van der Waals surface area contributed by atoms with Crippen LogP contribution in [0.2, 0.25) is 0 Å². The fourth-order valence-corrected chi connectivity index (χ4v) is 3.72. The summed E-state index contributed by atoms with van der Waals surface area (Å²) in [5.74, 6) is -0.233. The Labute approximate surface area is 147 Å². The Hall–Kier alpha value is -2.99. The molecular formula is C19H15N3O2S. The molecule has 6 heteroatoms. The van der Waals surface area contributed by atoms with E-state index in [2.05, 4.69) is 10.3 Å². The molecule has 1 N–H and O–H groups in total. The SMILES string of the molecule is Cc1ccc(NC(=O)c2cc3c(=O)n4ccccc4nc3s2)c(C)c1. The van der Waals surface area contributed by atoms with Crippen molar-refractivity contribution in [3.05, 3.63) is 75.0 Å². The standard InChI is InChI=1S/C19H15N3O2S/c1-11-6-7-14(12(2)9-11)20-17(23)15-10-13-18(25-15)21-16-5-3-4-8-22(16)19(13)24/h3-10H,1-2H3,(H,20,23). The molecule has 0 aliphatic heterocycles. The Morgan fingerprint density at radius 2 is 2.00 bits per heavy atom. The largest absolute Gasteiger partial charge is 0.321 e. The van der Waals surface area contributed by atoms with Gasteiger partial charge in [-0.3, -0.25) is 14.0 Å². The van der Waals surface area contributed by atoms with Crippen LogP contribution in [0.25, 0.3) is 15.9 Å². The molecule has 0 saturated heterocycles. The molecule has 0 aliphatic carbocycles. The van der Waals surface area contributed by atoms with E-state index in [0.29, 0.717) is 20.7 Å². The minimum atomic E-state index is -0.233. The number of benzene rings is 1. The van der Waals surface area contributed by atoms with E-state index in [4.69, 9.17) is 0 Å². The Morgan fingerprint density at radius 3 is 2.80 bits per heavy atom. The van der Waals surface area contributed by atoms with E-state index >= 15 is 0 Å². The normalized spacial score (nSPS) is 11.1. The molecule has 0 fully saturated rings. The quantitative estimate of drug-likeness (QED) is 0.599. The number of rotatable bonds is 2. The molecule has 25 heavy (non-hydrogen) atoms. The van der Waals surface area contributed by atoms with Crippen LogP contribution in [0.1, 0.15) is 20.8 Å². The number of hydrogen-bond donors (Lipinski definition) is 1. The van der Waals surface area contributed by atoms with E-state index in [1.54, 1.807) is 24.4 Å². The van der Waals surface area contributed by atoms with E-state index in [1.165, 1.54) is 15.7 Å². The van der Waals surface area contributed by atoms with E-state index in [9.17, 15) is 9.59 Å². The molecule has 0 aliphatic rings. The van der Waals surface area contributed by atoms with Gasteiger partial charge < -0.3 is 5.32 Å². The Morgan fingerprint density at radius 1 is 1.16 bits per heavy atom. The molecule has 3 aromatic heterocycles. The molecule has 5 nitrogen and oxygen atoms in total. The number of carbonyl (C=O) groups is 1. The third kappa shape index (κ3) is 2.70. The number of aryl methyl sites for hydroxylation is 2. The van der Waals surface area contributed by atoms with Crippen LogP contribution < -0.4 is 10.9 Å². The second-order valence-electron chi connectivity index (χ2n) is 5.95. The van der Waals surface area contributed by atoms with Crippen LogP contribution in [-0.4, -0.2) is 15.3 Å². The van der Waals surface area contributed by atoms with Crippen molar-refractivity contribution in [2.24, 2.45) is 0 Å². The van der Waals surface area contributed by atoms with Crippen molar-refractivity contribution in [3.8, 4) is 0 Å². The summed E-state index contributed by atoms with van der Waals surface area (Å²) in [6.07, 6.45) is 1.68. The molecule has 0 saturated carbocycles. The molecule has 0 atom stereocenters. The van der Waals surface area contributed by atoms with Crippen molar-refractivity contribution in [1.82, 2.24) is 9.38 Å². The van der Waals surface area contributed by atoms with Gasteiger partial charge in [-0.25, -0.2) is 4.98 Å². The lowest BCUT2D eigenvalue weighted by atomic mass is 10.1. The van der Waals surface area contributed by atoms with Crippen molar-refractivity contribution >= 4 is 38.8 Å². The second kappa shape index (κ2) is 5.82. The maximum absolute atomic E-state index is 12.6. The topological polar surface area (TPSA) is 63.5 Å². The van der Waals surface area contributed by atoms with Crippen LogP contribution in [0.4, 0.5) is 5.69 Å². The predicted molar refractivity (Wildman–Crippen MR) is 101 cm³/mol. The lowest BCUT2D eigenvalue weighted by Crippen LogP contribution is -2.14. The summed E-state index contributed by atoms with van der Waals surface area (Å²) in [7, 11) is 0. The van der Waals surface area contributed by atoms with Gasteiger partial charge in [0.1, 0.15) is 10.5 Å². The first kappa shape index (κ1) is 15.5. The first-order valence-electron chi connectivity index (χ1n) is 7.82. The number of amides is 1. The van der Waals surface area contributed by atoms with Gasteiger partial charge in [0.25, 0.3) is 11.5 Å². The lowest BCUT2D eigenvalue weighted by Gasteiger charge is -2.07. The number of anilines is 1. The highest BCUT2D eigenvalue weighted by atomic mass is 32.1. The zero-order valence-corrected chi connectivity index (χ0v) is 14.6. The van der Waals surface area contributed by atoms with Gasteiger partial charge in [0.15, 0.2) is 0 Å². The second-order valence-corrected chi connectivity index (χ2v) is 6.98. The van der Waals surface area contributed by atoms with Crippen molar-refractivity contribution in [2.75, 3.05) is 5.32 Å². The summed E-state index contributed by atoms with van der Waals surface area (Å²) in [4.78, 5) is 30.7. The zero-order valence-electron chi connectivity index (χ0n) is 13.7. The molecule has 0 unspecified atom stereocenters. The van der Waals surface area contributed by atoms with Crippen molar-refractivity contribution < 1.29 is 4.79 Å². The smallest absolute Gasteiger partial charge is 0.266 e. The monoisotopic (exact) mass is 349 g/mol. The molecule has 1 aromatic carbocycles. The van der Waals surface area contributed by atoms with Gasteiger partial charge in [-0.2, -0.15) is 0 Å².